The first-order chi connectivity index (χ1) is 14.4. The monoisotopic (exact) mass is 409 g/mol. The second-order valence-electron chi connectivity index (χ2n) is 6.61. The van der Waals surface area contributed by atoms with Crippen LogP contribution in [-0.2, 0) is 9.53 Å². The van der Waals surface area contributed by atoms with Gasteiger partial charge >= 0.3 is 5.97 Å². The Morgan fingerprint density at radius 2 is 1.70 bits per heavy atom. The second-order valence-corrected chi connectivity index (χ2v) is 6.61. The van der Waals surface area contributed by atoms with E-state index < -0.39 is 5.97 Å². The third kappa shape index (κ3) is 4.43. The molecule has 0 aliphatic rings. The number of hydrogen-bond acceptors (Lipinski definition) is 6. The molecule has 1 heterocycles. The molecule has 0 aliphatic carbocycles. The normalized spacial score (nSPS) is 10.4. The number of aromatic nitrogens is 2. The van der Waals surface area contributed by atoms with Crippen LogP contribution in [-0.4, -0.2) is 61.5 Å². The highest BCUT2D eigenvalue weighted by Gasteiger charge is 2.22. The molecular formula is C22H23N3O5. The van der Waals surface area contributed by atoms with Gasteiger partial charge in [-0.3, -0.25) is 4.79 Å². The second kappa shape index (κ2) is 9.13. The van der Waals surface area contributed by atoms with Gasteiger partial charge in [0.2, 0.25) is 0 Å². The molecule has 1 aromatic heterocycles. The number of ether oxygens (including phenoxy) is 3. The zero-order valence-corrected chi connectivity index (χ0v) is 17.3. The van der Waals surface area contributed by atoms with Crippen molar-refractivity contribution in [1.82, 2.24) is 14.7 Å². The third-order valence-corrected chi connectivity index (χ3v) is 4.45. The number of hydrogen-bond donors (Lipinski definition) is 0. The van der Waals surface area contributed by atoms with E-state index in [1.54, 1.807) is 50.3 Å². The fraction of sp³-hybridized carbons (Fsp3) is 0.227. The van der Waals surface area contributed by atoms with Crippen molar-refractivity contribution in [2.45, 2.75) is 0 Å². The van der Waals surface area contributed by atoms with E-state index in [0.29, 0.717) is 22.6 Å². The predicted octanol–water partition coefficient (Wildman–Crippen LogP) is 2.80. The topological polar surface area (TPSA) is 82.9 Å². The average Bonchev–Trinajstić information content (AvgIpc) is 3.22. The fourth-order valence-electron chi connectivity index (χ4n) is 2.78. The first kappa shape index (κ1) is 20.9. The van der Waals surface area contributed by atoms with Crippen LogP contribution >= 0.6 is 0 Å². The maximum absolute atomic E-state index is 12.8. The molecule has 0 spiro atoms. The molecule has 0 atom stereocenters. The SMILES string of the molecule is COc1ccc(-c2cn(-c3ccccc3)nc2C(=O)OCC(=O)N(C)C)cc1OC. The number of carbonyl (C=O) groups is 2. The van der Waals surface area contributed by atoms with Crippen LogP contribution < -0.4 is 9.47 Å². The van der Waals surface area contributed by atoms with Gasteiger partial charge in [-0.15, -0.1) is 0 Å². The third-order valence-electron chi connectivity index (χ3n) is 4.45. The molecule has 0 N–H and O–H groups in total. The lowest BCUT2D eigenvalue weighted by Crippen LogP contribution is -2.27. The van der Waals surface area contributed by atoms with Crippen molar-refractivity contribution >= 4 is 11.9 Å². The Hall–Kier alpha value is -3.81. The van der Waals surface area contributed by atoms with E-state index >= 15 is 0 Å². The summed E-state index contributed by atoms with van der Waals surface area (Å²) in [4.78, 5) is 25.9. The summed E-state index contributed by atoms with van der Waals surface area (Å²) in [5.41, 5.74) is 2.11. The molecule has 2 aromatic carbocycles. The van der Waals surface area contributed by atoms with Crippen molar-refractivity contribution in [2.75, 3.05) is 34.9 Å². The highest BCUT2D eigenvalue weighted by molar-refractivity contribution is 5.96. The molecule has 0 fully saturated rings. The largest absolute Gasteiger partial charge is 0.493 e. The number of rotatable bonds is 7. The van der Waals surface area contributed by atoms with Gasteiger partial charge in [-0.25, -0.2) is 9.48 Å². The van der Waals surface area contributed by atoms with E-state index in [0.717, 1.165) is 5.69 Å². The smallest absolute Gasteiger partial charge is 0.360 e. The molecule has 0 saturated carbocycles. The lowest BCUT2D eigenvalue weighted by Gasteiger charge is -2.11. The summed E-state index contributed by atoms with van der Waals surface area (Å²) < 4.78 is 17.5. The molecule has 8 heteroatoms. The zero-order chi connectivity index (χ0) is 21.7. The number of benzene rings is 2. The highest BCUT2D eigenvalue weighted by Crippen LogP contribution is 2.34. The molecule has 0 radical (unpaired) electrons. The van der Waals surface area contributed by atoms with Crippen LogP contribution in [0.15, 0.2) is 54.7 Å². The van der Waals surface area contributed by atoms with Crippen LogP contribution in [0.25, 0.3) is 16.8 Å². The summed E-state index contributed by atoms with van der Waals surface area (Å²) >= 11 is 0. The summed E-state index contributed by atoms with van der Waals surface area (Å²) in [6.07, 6.45) is 1.74. The van der Waals surface area contributed by atoms with Gasteiger partial charge in [0.25, 0.3) is 5.91 Å². The minimum absolute atomic E-state index is 0.0950. The van der Waals surface area contributed by atoms with E-state index in [9.17, 15) is 9.59 Å². The first-order valence-electron chi connectivity index (χ1n) is 9.19. The van der Waals surface area contributed by atoms with Crippen LogP contribution in [0, 0.1) is 0 Å². The van der Waals surface area contributed by atoms with Gasteiger partial charge in [0.1, 0.15) is 0 Å². The number of nitrogens with zero attached hydrogens (tertiary/aromatic N) is 3. The minimum Gasteiger partial charge on any atom is -0.493 e. The maximum Gasteiger partial charge on any atom is 0.360 e. The summed E-state index contributed by atoms with van der Waals surface area (Å²) in [5, 5.41) is 4.42. The maximum atomic E-state index is 12.8. The first-order valence-corrected chi connectivity index (χ1v) is 9.19. The molecule has 30 heavy (non-hydrogen) atoms. The quantitative estimate of drug-likeness (QED) is 0.558. The van der Waals surface area contributed by atoms with Crippen molar-refractivity contribution in [3.8, 4) is 28.3 Å². The van der Waals surface area contributed by atoms with Gasteiger partial charge in [-0.2, -0.15) is 5.10 Å². The Kier molecular flexibility index (Phi) is 6.36. The molecule has 3 aromatic rings. The predicted molar refractivity (Wildman–Crippen MR) is 111 cm³/mol. The molecule has 156 valence electrons. The summed E-state index contributed by atoms with van der Waals surface area (Å²) in [6, 6.07) is 14.7. The molecule has 3 rings (SSSR count). The average molecular weight is 409 g/mol. The Bertz CT molecular complexity index is 1040. The molecule has 0 aliphatic heterocycles. The molecule has 1 amide bonds. The van der Waals surface area contributed by atoms with Gasteiger partial charge in [0.15, 0.2) is 23.8 Å². The Labute approximate surface area is 174 Å². The minimum atomic E-state index is -0.690. The number of amides is 1. The number of esters is 1. The lowest BCUT2D eigenvalue weighted by molar-refractivity contribution is -0.131. The molecule has 0 bridgehead atoms. The van der Waals surface area contributed by atoms with E-state index in [4.69, 9.17) is 14.2 Å². The summed E-state index contributed by atoms with van der Waals surface area (Å²) in [7, 11) is 6.28. The van der Waals surface area contributed by atoms with Gasteiger partial charge in [0, 0.05) is 25.9 Å². The number of carbonyl (C=O) groups excluding carboxylic acids is 2. The van der Waals surface area contributed by atoms with Crippen molar-refractivity contribution in [1.29, 1.82) is 0 Å². The van der Waals surface area contributed by atoms with Crippen LogP contribution in [0.4, 0.5) is 0 Å². The van der Waals surface area contributed by atoms with Gasteiger partial charge < -0.3 is 19.1 Å². The fourth-order valence-corrected chi connectivity index (χ4v) is 2.78. The lowest BCUT2D eigenvalue weighted by atomic mass is 10.1. The Morgan fingerprint density at radius 1 is 1.00 bits per heavy atom. The molecule has 0 saturated heterocycles. The van der Waals surface area contributed by atoms with Gasteiger partial charge in [-0.05, 0) is 29.8 Å². The van der Waals surface area contributed by atoms with E-state index in [-0.39, 0.29) is 18.2 Å². The van der Waals surface area contributed by atoms with Crippen molar-refractivity contribution < 1.29 is 23.8 Å². The Balaban J connectivity index is 2.03. The highest BCUT2D eigenvalue weighted by atomic mass is 16.5. The number of likely N-dealkylation sites (N-methyl/N-ethyl adjacent to an activating group) is 1. The van der Waals surface area contributed by atoms with Crippen LogP contribution in [0.3, 0.4) is 0 Å². The number of methoxy groups -OCH3 is 2. The Morgan fingerprint density at radius 3 is 2.33 bits per heavy atom. The van der Waals surface area contributed by atoms with E-state index in [2.05, 4.69) is 5.10 Å². The van der Waals surface area contributed by atoms with Crippen LogP contribution in [0.5, 0.6) is 11.5 Å². The van der Waals surface area contributed by atoms with Gasteiger partial charge in [-0.1, -0.05) is 24.3 Å². The van der Waals surface area contributed by atoms with Crippen molar-refractivity contribution in [2.24, 2.45) is 0 Å². The summed E-state index contributed by atoms with van der Waals surface area (Å²) in [6.45, 7) is -0.366. The van der Waals surface area contributed by atoms with Crippen molar-refractivity contribution in [3.63, 3.8) is 0 Å². The molecular weight excluding hydrogens is 386 g/mol. The van der Waals surface area contributed by atoms with Crippen molar-refractivity contribution in [3.05, 3.63) is 60.4 Å². The zero-order valence-electron chi connectivity index (χ0n) is 17.3. The summed E-state index contributed by atoms with van der Waals surface area (Å²) in [5.74, 6) is 0.0742. The van der Waals surface area contributed by atoms with Gasteiger partial charge in [0.05, 0.1) is 19.9 Å². The van der Waals surface area contributed by atoms with E-state index in [1.807, 2.05) is 30.3 Å². The standard InChI is InChI=1S/C22H23N3O5/c1-24(2)20(26)14-30-22(27)21-17(13-25(23-21)16-8-6-5-7-9-16)15-10-11-18(28-3)19(12-15)29-4/h5-13H,14H2,1-4H3. The van der Waals surface area contributed by atoms with Crippen LogP contribution in [0.1, 0.15) is 10.5 Å². The van der Waals surface area contributed by atoms with E-state index in [1.165, 1.54) is 12.0 Å². The molecule has 8 nitrogen and oxygen atoms in total. The van der Waals surface area contributed by atoms with Crippen LogP contribution in [0.2, 0.25) is 0 Å². The number of para-hydroxylation sites is 1. The molecule has 0 unspecified atom stereocenters.